The summed E-state index contributed by atoms with van der Waals surface area (Å²) in [6.07, 6.45) is 0.209. The Hall–Kier alpha value is -0.650. The van der Waals surface area contributed by atoms with E-state index >= 15 is 0 Å². The smallest absolute Gasteiger partial charge is 0.306 e. The molecule has 0 N–H and O–H groups in total. The van der Waals surface area contributed by atoms with Crippen molar-refractivity contribution in [2.75, 3.05) is 19.8 Å². The van der Waals surface area contributed by atoms with E-state index in [0.717, 1.165) is 0 Å². The zero-order valence-corrected chi connectivity index (χ0v) is 12.2. The molecule has 0 aromatic carbocycles. The fourth-order valence-corrected chi connectivity index (χ4v) is 2.82. The van der Waals surface area contributed by atoms with Crippen LogP contribution in [0.25, 0.3) is 0 Å². The summed E-state index contributed by atoms with van der Waals surface area (Å²) < 4.78 is 22.3. The van der Waals surface area contributed by atoms with Crippen LogP contribution in [0.4, 0.5) is 0 Å². The lowest BCUT2D eigenvalue weighted by Gasteiger charge is -2.25. The Morgan fingerprint density at radius 1 is 1.37 bits per heavy atom. The van der Waals surface area contributed by atoms with Crippen molar-refractivity contribution in [3.05, 3.63) is 0 Å². The molecule has 0 unspecified atom stereocenters. The molecule has 0 aliphatic carbocycles. The van der Waals surface area contributed by atoms with E-state index in [0.29, 0.717) is 32.2 Å². The third-order valence-corrected chi connectivity index (χ3v) is 3.81. The van der Waals surface area contributed by atoms with Crippen molar-refractivity contribution in [3.8, 4) is 0 Å². The van der Waals surface area contributed by atoms with Crippen LogP contribution in [0.1, 0.15) is 34.1 Å². The predicted octanol–water partition coefficient (Wildman–Crippen LogP) is 1.74. The summed E-state index contributed by atoms with van der Waals surface area (Å²) in [7, 11) is 0. The summed E-state index contributed by atoms with van der Waals surface area (Å²) in [5.74, 6) is -0.245. The van der Waals surface area contributed by atoms with Gasteiger partial charge in [-0.1, -0.05) is 6.92 Å². The van der Waals surface area contributed by atoms with E-state index in [4.69, 9.17) is 18.9 Å². The maximum absolute atomic E-state index is 11.7. The van der Waals surface area contributed by atoms with Crippen molar-refractivity contribution in [3.63, 3.8) is 0 Å². The minimum absolute atomic E-state index is 0.0822. The first-order chi connectivity index (χ1) is 8.93. The standard InChI is InChI=1S/C14H24O5/c1-5-16-12(15)6-10-9(2)7-17-13(10)11-8-18-14(3,4)19-11/h9-11,13H,5-8H2,1-4H3/t9-,10-,11+,13-/m0/s1. The van der Waals surface area contributed by atoms with Gasteiger partial charge in [-0.15, -0.1) is 0 Å². The molecule has 2 aliphatic rings. The van der Waals surface area contributed by atoms with Crippen LogP contribution in [0.15, 0.2) is 0 Å². The first-order valence-electron chi connectivity index (χ1n) is 7.02. The molecule has 5 nitrogen and oxygen atoms in total. The third kappa shape index (κ3) is 3.46. The molecule has 19 heavy (non-hydrogen) atoms. The number of carbonyl (C=O) groups excluding carboxylic acids is 1. The first kappa shape index (κ1) is 14.8. The van der Waals surface area contributed by atoms with Crippen LogP contribution in [0.5, 0.6) is 0 Å². The highest BCUT2D eigenvalue weighted by Crippen LogP contribution is 2.37. The van der Waals surface area contributed by atoms with Crippen molar-refractivity contribution in [1.82, 2.24) is 0 Å². The number of hydrogen-bond donors (Lipinski definition) is 0. The molecule has 2 heterocycles. The van der Waals surface area contributed by atoms with Crippen molar-refractivity contribution < 1.29 is 23.7 Å². The third-order valence-electron chi connectivity index (χ3n) is 3.81. The minimum atomic E-state index is -0.561. The molecule has 0 spiro atoms. The van der Waals surface area contributed by atoms with E-state index in [9.17, 15) is 4.79 Å². The average Bonchev–Trinajstić information content (AvgIpc) is 2.84. The predicted molar refractivity (Wildman–Crippen MR) is 68.5 cm³/mol. The lowest BCUT2D eigenvalue weighted by Crippen LogP contribution is -2.36. The number of carbonyl (C=O) groups is 1. The number of hydrogen-bond acceptors (Lipinski definition) is 5. The van der Waals surface area contributed by atoms with Gasteiger partial charge in [-0.3, -0.25) is 4.79 Å². The first-order valence-corrected chi connectivity index (χ1v) is 7.02. The van der Waals surface area contributed by atoms with Crippen LogP contribution in [0, 0.1) is 11.8 Å². The summed E-state index contributed by atoms with van der Waals surface area (Å²) in [5.41, 5.74) is 0. The molecular weight excluding hydrogens is 248 g/mol. The Bertz CT molecular complexity index is 328. The van der Waals surface area contributed by atoms with Crippen molar-refractivity contribution >= 4 is 5.97 Å². The van der Waals surface area contributed by atoms with Gasteiger partial charge in [-0.2, -0.15) is 0 Å². The minimum Gasteiger partial charge on any atom is -0.466 e. The monoisotopic (exact) mass is 272 g/mol. The van der Waals surface area contributed by atoms with E-state index in [2.05, 4.69) is 6.92 Å². The van der Waals surface area contributed by atoms with Crippen LogP contribution in [0.3, 0.4) is 0 Å². The molecule has 110 valence electrons. The zero-order chi connectivity index (χ0) is 14.0. The van der Waals surface area contributed by atoms with Gasteiger partial charge >= 0.3 is 5.97 Å². The van der Waals surface area contributed by atoms with Gasteiger partial charge in [0.1, 0.15) is 6.10 Å². The quantitative estimate of drug-likeness (QED) is 0.730. The van der Waals surface area contributed by atoms with Gasteiger partial charge in [0.05, 0.1) is 32.3 Å². The van der Waals surface area contributed by atoms with E-state index in [1.54, 1.807) is 0 Å². The number of esters is 1. The Morgan fingerprint density at radius 3 is 2.68 bits per heavy atom. The molecule has 0 aromatic rings. The Morgan fingerprint density at radius 2 is 2.11 bits per heavy atom. The van der Waals surface area contributed by atoms with Gasteiger partial charge < -0.3 is 18.9 Å². The van der Waals surface area contributed by atoms with Crippen LogP contribution in [0.2, 0.25) is 0 Å². The lowest BCUT2D eigenvalue weighted by molar-refractivity contribution is -0.157. The van der Waals surface area contributed by atoms with Crippen molar-refractivity contribution in [1.29, 1.82) is 0 Å². The van der Waals surface area contributed by atoms with Gasteiger partial charge in [0.2, 0.25) is 0 Å². The highest BCUT2D eigenvalue weighted by molar-refractivity contribution is 5.69. The maximum atomic E-state index is 11.7. The molecule has 0 saturated carbocycles. The molecule has 2 aliphatic heterocycles. The van der Waals surface area contributed by atoms with Crippen LogP contribution < -0.4 is 0 Å². The molecule has 2 saturated heterocycles. The van der Waals surface area contributed by atoms with Gasteiger partial charge in [0.15, 0.2) is 5.79 Å². The molecule has 0 aromatic heterocycles. The lowest BCUT2D eigenvalue weighted by atomic mass is 9.87. The van der Waals surface area contributed by atoms with E-state index < -0.39 is 5.79 Å². The Kier molecular flexibility index (Phi) is 4.48. The van der Waals surface area contributed by atoms with Gasteiger partial charge in [-0.05, 0) is 26.7 Å². The summed E-state index contributed by atoms with van der Waals surface area (Å²) in [6, 6.07) is 0. The molecule has 2 rings (SSSR count). The summed E-state index contributed by atoms with van der Waals surface area (Å²) in [4.78, 5) is 11.7. The molecule has 5 heteroatoms. The number of rotatable bonds is 4. The maximum Gasteiger partial charge on any atom is 0.306 e. The largest absolute Gasteiger partial charge is 0.466 e. The second kappa shape index (κ2) is 5.77. The van der Waals surface area contributed by atoms with Crippen LogP contribution in [-0.4, -0.2) is 43.8 Å². The van der Waals surface area contributed by atoms with Gasteiger partial charge in [0, 0.05) is 5.92 Å². The second-order valence-corrected chi connectivity index (χ2v) is 5.82. The normalized spacial score (nSPS) is 37.5. The Balaban J connectivity index is 1.97. The molecule has 0 bridgehead atoms. The fourth-order valence-electron chi connectivity index (χ4n) is 2.82. The summed E-state index contributed by atoms with van der Waals surface area (Å²) in [6.45, 7) is 9.31. The molecular formula is C14H24O5. The highest BCUT2D eigenvalue weighted by atomic mass is 16.7. The van der Waals surface area contributed by atoms with Crippen LogP contribution in [-0.2, 0) is 23.7 Å². The van der Waals surface area contributed by atoms with Gasteiger partial charge in [0.25, 0.3) is 0 Å². The fraction of sp³-hybridized carbons (Fsp3) is 0.929. The van der Waals surface area contributed by atoms with E-state index in [1.165, 1.54) is 0 Å². The SMILES string of the molecule is CCOC(=O)C[C@@H]1[C@@H]([C@H]2COC(C)(C)O2)OC[C@@H]1C. The molecule has 4 atom stereocenters. The molecule has 0 amide bonds. The van der Waals surface area contributed by atoms with E-state index in [-0.39, 0.29) is 24.1 Å². The zero-order valence-electron chi connectivity index (χ0n) is 12.2. The molecule has 0 radical (unpaired) electrons. The van der Waals surface area contributed by atoms with Crippen molar-refractivity contribution in [2.45, 2.75) is 52.1 Å². The topological polar surface area (TPSA) is 54.0 Å². The van der Waals surface area contributed by atoms with Crippen molar-refractivity contribution in [2.24, 2.45) is 11.8 Å². The number of ether oxygens (including phenoxy) is 4. The van der Waals surface area contributed by atoms with E-state index in [1.807, 2.05) is 20.8 Å². The molecule has 2 fully saturated rings. The Labute approximate surface area is 114 Å². The highest BCUT2D eigenvalue weighted by Gasteiger charge is 2.46. The average molecular weight is 272 g/mol. The second-order valence-electron chi connectivity index (χ2n) is 5.82. The summed E-state index contributed by atoms with van der Waals surface area (Å²) >= 11 is 0. The van der Waals surface area contributed by atoms with Gasteiger partial charge in [-0.25, -0.2) is 0 Å². The summed E-state index contributed by atoms with van der Waals surface area (Å²) in [5, 5.41) is 0. The van der Waals surface area contributed by atoms with Crippen LogP contribution >= 0.6 is 0 Å².